The van der Waals surface area contributed by atoms with E-state index in [1.165, 1.54) is 17.7 Å². The van der Waals surface area contributed by atoms with Crippen LogP contribution < -0.4 is 5.32 Å². The number of nitrogens with one attached hydrogen (secondary N) is 1. The number of aliphatic hydroxyl groups excluding tert-OH is 1. The average molecular weight is 390 g/mol. The first-order valence-corrected chi connectivity index (χ1v) is 10.2. The summed E-state index contributed by atoms with van der Waals surface area (Å²) in [6, 6.07) is 11.6. The van der Waals surface area contributed by atoms with Gasteiger partial charge in [-0.1, -0.05) is 42.6 Å². The zero-order chi connectivity index (χ0) is 18.6. The summed E-state index contributed by atoms with van der Waals surface area (Å²) in [5, 5.41) is 13.5. The number of benzene rings is 1. The maximum absolute atomic E-state index is 12.3. The lowest BCUT2D eigenvalue weighted by Crippen LogP contribution is -2.37. The van der Waals surface area contributed by atoms with Gasteiger partial charge in [0.2, 0.25) is 5.91 Å². The highest BCUT2D eigenvalue weighted by atomic mass is 35.5. The van der Waals surface area contributed by atoms with Gasteiger partial charge in [0.15, 0.2) is 0 Å². The van der Waals surface area contributed by atoms with E-state index in [0.29, 0.717) is 11.6 Å². The highest BCUT2D eigenvalue weighted by Crippen LogP contribution is 2.44. The molecule has 0 aliphatic heterocycles. The number of hydrogen-bond donors (Lipinski definition) is 2. The molecule has 3 nitrogen and oxygen atoms in total. The number of carbonyl (C=O) groups excluding carboxylic acids is 1. The van der Waals surface area contributed by atoms with E-state index in [-0.39, 0.29) is 11.3 Å². The Morgan fingerprint density at radius 2 is 2.04 bits per heavy atom. The van der Waals surface area contributed by atoms with Crippen LogP contribution >= 0.6 is 22.9 Å². The van der Waals surface area contributed by atoms with Gasteiger partial charge < -0.3 is 10.4 Å². The summed E-state index contributed by atoms with van der Waals surface area (Å²) < 4.78 is 0. The molecule has 5 heteroatoms. The molecule has 0 bridgehead atoms. The van der Waals surface area contributed by atoms with Crippen LogP contribution in [0.2, 0.25) is 5.02 Å². The molecule has 1 aromatic carbocycles. The first-order chi connectivity index (χ1) is 12.5. The second kappa shape index (κ2) is 8.38. The molecule has 1 fully saturated rings. The number of rotatable bonds is 6. The average Bonchev–Trinajstić information content (AvgIpc) is 3.29. The number of aliphatic hydroxyl groups is 1. The molecule has 3 rings (SSSR count). The Morgan fingerprint density at radius 1 is 1.31 bits per heavy atom. The number of thiophene rings is 1. The summed E-state index contributed by atoms with van der Waals surface area (Å²) in [6.07, 6.45) is 7.33. The molecule has 1 aliphatic carbocycles. The summed E-state index contributed by atoms with van der Waals surface area (Å²) in [6.45, 7) is 2.41. The quantitative estimate of drug-likeness (QED) is 0.675. The van der Waals surface area contributed by atoms with E-state index in [1.54, 1.807) is 30.4 Å². The molecule has 2 N–H and O–H groups in total. The van der Waals surface area contributed by atoms with E-state index in [9.17, 15) is 9.90 Å². The van der Waals surface area contributed by atoms with Crippen molar-refractivity contribution < 1.29 is 9.90 Å². The number of hydrogen-bond acceptors (Lipinski definition) is 3. The van der Waals surface area contributed by atoms with Crippen molar-refractivity contribution in [2.45, 2.75) is 44.1 Å². The highest BCUT2D eigenvalue weighted by molar-refractivity contribution is 7.12. The van der Waals surface area contributed by atoms with Crippen LogP contribution in [0.25, 0.3) is 6.08 Å². The lowest BCUT2D eigenvalue weighted by atomic mass is 9.84. The summed E-state index contributed by atoms with van der Waals surface area (Å²) in [5.41, 5.74) is 0.825. The fourth-order valence-corrected chi connectivity index (χ4v) is 4.90. The van der Waals surface area contributed by atoms with Gasteiger partial charge in [0.1, 0.15) is 0 Å². The summed E-state index contributed by atoms with van der Waals surface area (Å²) in [7, 11) is 0. The Morgan fingerprint density at radius 3 is 2.69 bits per heavy atom. The first kappa shape index (κ1) is 19.2. The maximum atomic E-state index is 12.3. The van der Waals surface area contributed by atoms with Gasteiger partial charge in [-0.25, -0.2) is 0 Å². The predicted molar refractivity (Wildman–Crippen MR) is 109 cm³/mol. The minimum atomic E-state index is -0.444. The van der Waals surface area contributed by atoms with Gasteiger partial charge in [0, 0.05) is 32.8 Å². The molecule has 0 radical (unpaired) electrons. The monoisotopic (exact) mass is 389 g/mol. The zero-order valence-corrected chi connectivity index (χ0v) is 16.4. The molecule has 1 atom stereocenters. The molecule has 1 aromatic heterocycles. The Labute approximate surface area is 163 Å². The van der Waals surface area contributed by atoms with Crippen LogP contribution in [-0.2, 0) is 10.2 Å². The second-order valence-corrected chi connectivity index (χ2v) is 8.46. The van der Waals surface area contributed by atoms with Crippen molar-refractivity contribution >= 4 is 34.9 Å². The van der Waals surface area contributed by atoms with Crippen LogP contribution in [0.3, 0.4) is 0 Å². The molecule has 138 valence electrons. The van der Waals surface area contributed by atoms with Gasteiger partial charge in [-0.15, -0.1) is 11.3 Å². The van der Waals surface area contributed by atoms with Crippen LogP contribution in [0.1, 0.15) is 54.0 Å². The van der Waals surface area contributed by atoms with Crippen LogP contribution in [0, 0.1) is 0 Å². The smallest absolute Gasteiger partial charge is 0.244 e. The van der Waals surface area contributed by atoms with Gasteiger partial charge in [-0.2, -0.15) is 0 Å². The molecule has 1 heterocycles. The Balaban J connectivity index is 1.67. The molecule has 1 aliphatic rings. The van der Waals surface area contributed by atoms with Gasteiger partial charge in [-0.3, -0.25) is 4.79 Å². The van der Waals surface area contributed by atoms with Crippen molar-refractivity contribution in [1.29, 1.82) is 0 Å². The fourth-order valence-electron chi connectivity index (χ4n) is 3.52. The zero-order valence-electron chi connectivity index (χ0n) is 14.9. The van der Waals surface area contributed by atoms with Crippen molar-refractivity contribution in [1.82, 2.24) is 5.32 Å². The summed E-state index contributed by atoms with van der Waals surface area (Å²) in [4.78, 5) is 14.5. The molecular weight excluding hydrogens is 366 g/mol. The third-order valence-corrected chi connectivity index (χ3v) is 6.89. The van der Waals surface area contributed by atoms with Crippen molar-refractivity contribution in [3.63, 3.8) is 0 Å². The van der Waals surface area contributed by atoms with E-state index in [4.69, 9.17) is 11.6 Å². The largest absolute Gasteiger partial charge is 0.388 e. The topological polar surface area (TPSA) is 49.3 Å². The fraction of sp³-hybridized carbons (Fsp3) is 0.381. The second-order valence-electron chi connectivity index (χ2n) is 6.94. The highest BCUT2D eigenvalue weighted by Gasteiger charge is 2.37. The van der Waals surface area contributed by atoms with Gasteiger partial charge >= 0.3 is 0 Å². The van der Waals surface area contributed by atoms with Crippen LogP contribution in [-0.4, -0.2) is 17.6 Å². The maximum Gasteiger partial charge on any atom is 0.244 e. The number of carbonyl (C=O) groups is 1. The molecule has 26 heavy (non-hydrogen) atoms. The van der Waals surface area contributed by atoms with Crippen LogP contribution in [0.4, 0.5) is 0 Å². The third kappa shape index (κ3) is 4.37. The normalized spacial score (nSPS) is 17.5. The number of amides is 1. The van der Waals surface area contributed by atoms with Crippen molar-refractivity contribution in [2.24, 2.45) is 0 Å². The Hall–Kier alpha value is -1.62. The van der Waals surface area contributed by atoms with Crippen molar-refractivity contribution in [3.8, 4) is 0 Å². The molecule has 0 saturated heterocycles. The molecule has 0 spiro atoms. The first-order valence-electron chi connectivity index (χ1n) is 8.99. The van der Waals surface area contributed by atoms with Crippen molar-refractivity contribution in [3.05, 3.63) is 62.8 Å². The molecular formula is C21H24ClNO2S. The lowest BCUT2D eigenvalue weighted by molar-refractivity contribution is -0.116. The van der Waals surface area contributed by atoms with Crippen LogP contribution in [0.5, 0.6) is 0 Å². The summed E-state index contributed by atoms with van der Waals surface area (Å²) in [5.74, 6) is -0.108. The minimum Gasteiger partial charge on any atom is -0.388 e. The summed E-state index contributed by atoms with van der Waals surface area (Å²) >= 11 is 7.78. The SMILES string of the molecule is CC(O)c1ccc(C2(CNC(=O)/C=C/c3ccccc3Cl)CCCC2)s1. The van der Waals surface area contributed by atoms with E-state index in [2.05, 4.69) is 11.4 Å². The van der Waals surface area contributed by atoms with Gasteiger partial charge in [0.05, 0.1) is 6.10 Å². The molecule has 1 amide bonds. The van der Waals surface area contributed by atoms with Gasteiger partial charge in [0.25, 0.3) is 0 Å². The molecule has 1 unspecified atom stereocenters. The van der Waals surface area contributed by atoms with E-state index in [1.807, 2.05) is 30.3 Å². The van der Waals surface area contributed by atoms with Crippen LogP contribution in [0.15, 0.2) is 42.5 Å². The van der Waals surface area contributed by atoms with E-state index in [0.717, 1.165) is 23.3 Å². The van der Waals surface area contributed by atoms with E-state index < -0.39 is 6.10 Å². The standard InChI is InChI=1S/C21H24ClNO2S/c1-15(24)18-9-10-19(26-18)21(12-4-5-13-21)14-23-20(25)11-8-16-6-2-3-7-17(16)22/h2-3,6-11,15,24H,4-5,12-14H2,1H3,(H,23,25)/b11-8+. The third-order valence-electron chi connectivity index (χ3n) is 5.04. The predicted octanol–water partition coefficient (Wildman–Crippen LogP) is 5.10. The Kier molecular flexibility index (Phi) is 6.17. The Bertz CT molecular complexity index is 791. The van der Waals surface area contributed by atoms with E-state index >= 15 is 0 Å². The van der Waals surface area contributed by atoms with Gasteiger partial charge in [-0.05, 0) is 49.6 Å². The lowest BCUT2D eigenvalue weighted by Gasteiger charge is -2.28. The minimum absolute atomic E-state index is 0.00824. The number of halogens is 1. The molecule has 1 saturated carbocycles. The molecule has 2 aromatic rings. The van der Waals surface area contributed by atoms with Crippen molar-refractivity contribution in [2.75, 3.05) is 6.54 Å².